The lowest BCUT2D eigenvalue weighted by molar-refractivity contribution is -0.144. The summed E-state index contributed by atoms with van der Waals surface area (Å²) in [5, 5.41) is 14.7. The van der Waals surface area contributed by atoms with Crippen LogP contribution in [0.25, 0.3) is 0 Å². The average molecular weight is 337 g/mol. The number of halogens is 1. The summed E-state index contributed by atoms with van der Waals surface area (Å²) in [5.74, 6) is -0.00125. The van der Waals surface area contributed by atoms with Crippen LogP contribution in [0.5, 0.6) is 0 Å². The Hall–Kier alpha value is -0.850. The van der Waals surface area contributed by atoms with E-state index in [-0.39, 0.29) is 30.5 Å². The number of ether oxygens (including phenoxy) is 1. The summed E-state index contributed by atoms with van der Waals surface area (Å²) >= 11 is 0. The average Bonchev–Trinajstić information content (AvgIpc) is 3.14. The smallest absolute Gasteiger partial charge is 0.323 e. The third kappa shape index (κ3) is 5.74. The van der Waals surface area contributed by atoms with E-state index in [4.69, 9.17) is 5.11 Å². The predicted octanol–water partition coefficient (Wildman–Crippen LogP) is 1.43. The largest absolute Gasteiger partial charge is 0.480 e. The van der Waals surface area contributed by atoms with E-state index in [1.54, 1.807) is 0 Å². The molecule has 3 N–H and O–H groups in total. The van der Waals surface area contributed by atoms with Crippen LogP contribution in [0.3, 0.4) is 0 Å². The summed E-state index contributed by atoms with van der Waals surface area (Å²) in [4.78, 5) is 21.6. The van der Waals surface area contributed by atoms with Crippen molar-refractivity contribution in [3.05, 3.63) is 0 Å². The highest BCUT2D eigenvalue weighted by Gasteiger charge is 2.32. The number of rotatable bonds is 4. The molecule has 0 radical (unpaired) electrons. The van der Waals surface area contributed by atoms with E-state index in [0.29, 0.717) is 11.8 Å². The van der Waals surface area contributed by atoms with Gasteiger partial charge in [-0.3, -0.25) is 9.59 Å². The maximum atomic E-state index is 11.1. The van der Waals surface area contributed by atoms with E-state index >= 15 is 0 Å². The van der Waals surface area contributed by atoms with E-state index in [9.17, 15) is 9.59 Å². The Labute approximate surface area is 138 Å². The molecular weight excluding hydrogens is 308 g/mol. The molecule has 0 bridgehead atoms. The number of carboxylic acids is 1. The SMILES string of the molecule is CCC1CCNC1C(=O)O.CCC1CCNC1C(=O)OC.Cl. The molecule has 4 atom stereocenters. The molecule has 2 fully saturated rings. The Morgan fingerprint density at radius 3 is 1.86 bits per heavy atom. The Kier molecular flexibility index (Phi) is 10.4. The van der Waals surface area contributed by atoms with Gasteiger partial charge in [-0.25, -0.2) is 0 Å². The number of carbonyl (C=O) groups excluding carboxylic acids is 1. The summed E-state index contributed by atoms with van der Waals surface area (Å²) in [6.45, 7) is 5.94. The zero-order chi connectivity index (χ0) is 15.8. The molecule has 0 saturated carbocycles. The van der Waals surface area contributed by atoms with E-state index < -0.39 is 5.97 Å². The zero-order valence-electron chi connectivity index (χ0n) is 13.6. The summed E-state index contributed by atoms with van der Waals surface area (Å²) in [5.41, 5.74) is 0. The van der Waals surface area contributed by atoms with Gasteiger partial charge in [0.05, 0.1) is 7.11 Å². The van der Waals surface area contributed by atoms with Crippen molar-refractivity contribution >= 4 is 24.3 Å². The van der Waals surface area contributed by atoms with Crippen LogP contribution in [0.1, 0.15) is 39.5 Å². The predicted molar refractivity (Wildman–Crippen MR) is 87.3 cm³/mol. The maximum Gasteiger partial charge on any atom is 0.323 e. The van der Waals surface area contributed by atoms with Gasteiger partial charge >= 0.3 is 11.9 Å². The summed E-state index contributed by atoms with van der Waals surface area (Å²) in [6, 6.07) is -0.338. The highest BCUT2D eigenvalue weighted by molar-refractivity contribution is 5.85. The first-order valence-corrected chi connectivity index (χ1v) is 7.82. The number of esters is 1. The lowest BCUT2D eigenvalue weighted by Crippen LogP contribution is -2.36. The van der Waals surface area contributed by atoms with Crippen LogP contribution in [0, 0.1) is 11.8 Å². The van der Waals surface area contributed by atoms with Crippen LogP contribution in [0.2, 0.25) is 0 Å². The normalized spacial score (nSPS) is 30.0. The molecule has 4 unspecified atom stereocenters. The number of hydrogen-bond acceptors (Lipinski definition) is 5. The number of carboxylic acid groups (broad SMARTS) is 1. The van der Waals surface area contributed by atoms with Gasteiger partial charge in [-0.1, -0.05) is 26.7 Å². The minimum absolute atomic E-state index is 0. The molecule has 0 aliphatic carbocycles. The Balaban J connectivity index is 0.000000385. The quantitative estimate of drug-likeness (QED) is 0.673. The number of methoxy groups -OCH3 is 1. The molecular formula is C15H29ClN2O4. The van der Waals surface area contributed by atoms with E-state index in [0.717, 1.165) is 38.8 Å². The van der Waals surface area contributed by atoms with E-state index in [1.165, 1.54) is 7.11 Å². The van der Waals surface area contributed by atoms with Gasteiger partial charge in [0.2, 0.25) is 0 Å². The fourth-order valence-corrected chi connectivity index (χ4v) is 3.09. The molecule has 0 aromatic heterocycles. The third-order valence-electron chi connectivity index (χ3n) is 4.47. The molecule has 2 heterocycles. The van der Waals surface area contributed by atoms with Crippen molar-refractivity contribution in [1.29, 1.82) is 0 Å². The maximum absolute atomic E-state index is 11.1. The van der Waals surface area contributed by atoms with Crippen LogP contribution < -0.4 is 10.6 Å². The number of nitrogens with one attached hydrogen (secondary N) is 2. The van der Waals surface area contributed by atoms with Gasteiger partial charge in [0.1, 0.15) is 12.1 Å². The molecule has 130 valence electrons. The lowest BCUT2D eigenvalue weighted by Gasteiger charge is -2.14. The van der Waals surface area contributed by atoms with Gasteiger partial charge in [-0.2, -0.15) is 0 Å². The van der Waals surface area contributed by atoms with Crippen LogP contribution in [0.4, 0.5) is 0 Å². The van der Waals surface area contributed by atoms with Gasteiger partial charge in [0, 0.05) is 0 Å². The van der Waals surface area contributed by atoms with Crippen molar-refractivity contribution in [3.8, 4) is 0 Å². The molecule has 2 rings (SSSR count). The van der Waals surface area contributed by atoms with Gasteiger partial charge < -0.3 is 20.5 Å². The van der Waals surface area contributed by atoms with Crippen LogP contribution in [-0.4, -0.2) is 49.3 Å². The standard InChI is InChI=1S/C8H15NO2.C7H13NO2.ClH/c1-3-6-4-5-9-7(6)8(10)11-2;1-2-5-3-4-8-6(5)7(9)10;/h6-7,9H,3-5H2,1-2H3;5-6,8H,2-4H2,1H3,(H,9,10);1H. The number of carbonyl (C=O) groups is 2. The molecule has 7 heteroatoms. The molecule has 6 nitrogen and oxygen atoms in total. The highest BCUT2D eigenvalue weighted by atomic mass is 35.5. The second-order valence-electron chi connectivity index (χ2n) is 5.64. The second-order valence-corrected chi connectivity index (χ2v) is 5.64. The van der Waals surface area contributed by atoms with Crippen molar-refractivity contribution in [1.82, 2.24) is 10.6 Å². The molecule has 2 saturated heterocycles. The molecule has 0 aromatic carbocycles. The van der Waals surface area contributed by atoms with Crippen LogP contribution in [-0.2, 0) is 14.3 Å². The lowest BCUT2D eigenvalue weighted by atomic mass is 9.98. The van der Waals surface area contributed by atoms with Crippen molar-refractivity contribution in [2.24, 2.45) is 11.8 Å². The monoisotopic (exact) mass is 336 g/mol. The summed E-state index contributed by atoms with van der Waals surface area (Å²) < 4.78 is 4.66. The number of hydrogen-bond donors (Lipinski definition) is 3. The van der Waals surface area contributed by atoms with Crippen LogP contribution >= 0.6 is 12.4 Å². The highest BCUT2D eigenvalue weighted by Crippen LogP contribution is 2.19. The molecule has 0 amide bonds. The van der Waals surface area contributed by atoms with E-state index in [2.05, 4.69) is 22.3 Å². The Morgan fingerprint density at radius 1 is 1.05 bits per heavy atom. The summed E-state index contributed by atoms with van der Waals surface area (Å²) in [7, 11) is 1.44. The van der Waals surface area contributed by atoms with Crippen molar-refractivity contribution in [2.75, 3.05) is 20.2 Å². The first kappa shape index (κ1) is 21.1. The van der Waals surface area contributed by atoms with Gasteiger partial charge in [0.15, 0.2) is 0 Å². The van der Waals surface area contributed by atoms with Crippen LogP contribution in [0.15, 0.2) is 0 Å². The van der Waals surface area contributed by atoms with Crippen molar-refractivity contribution in [3.63, 3.8) is 0 Å². The molecule has 0 aromatic rings. The van der Waals surface area contributed by atoms with E-state index in [1.807, 2.05) is 6.92 Å². The van der Waals surface area contributed by atoms with Crippen molar-refractivity contribution in [2.45, 2.75) is 51.6 Å². The fourth-order valence-electron chi connectivity index (χ4n) is 3.09. The fraction of sp³-hybridized carbons (Fsp3) is 0.867. The summed E-state index contributed by atoms with van der Waals surface area (Å²) in [6.07, 6.45) is 4.11. The minimum Gasteiger partial charge on any atom is -0.480 e. The molecule has 0 spiro atoms. The van der Waals surface area contributed by atoms with Gasteiger partial charge in [0.25, 0.3) is 0 Å². The Morgan fingerprint density at radius 2 is 1.50 bits per heavy atom. The van der Waals surface area contributed by atoms with Gasteiger partial charge in [-0.15, -0.1) is 12.4 Å². The third-order valence-corrected chi connectivity index (χ3v) is 4.47. The topological polar surface area (TPSA) is 87.7 Å². The minimum atomic E-state index is -0.704. The zero-order valence-corrected chi connectivity index (χ0v) is 14.4. The molecule has 2 aliphatic heterocycles. The van der Waals surface area contributed by atoms with Crippen molar-refractivity contribution < 1.29 is 19.4 Å². The molecule has 2 aliphatic rings. The first-order chi connectivity index (χ1) is 10.0. The first-order valence-electron chi connectivity index (χ1n) is 7.82. The number of aliphatic carboxylic acids is 1. The second kappa shape index (κ2) is 10.8. The van der Waals surface area contributed by atoms with Gasteiger partial charge in [-0.05, 0) is 37.8 Å². The molecule has 22 heavy (non-hydrogen) atoms. The Bertz CT molecular complexity index is 354.